The molecule has 0 aliphatic heterocycles. The Morgan fingerprint density at radius 1 is 1.50 bits per heavy atom. The second kappa shape index (κ2) is 6.72. The van der Waals surface area contributed by atoms with Crippen molar-refractivity contribution >= 4 is 5.97 Å². The van der Waals surface area contributed by atoms with Crippen molar-refractivity contribution in [3.8, 4) is 6.07 Å². The zero-order valence-corrected chi connectivity index (χ0v) is 10.4. The zero-order chi connectivity index (χ0) is 13.5. The highest BCUT2D eigenvalue weighted by atomic mass is 19.1. The average Bonchev–Trinajstić information content (AvgIpc) is 2.36. The van der Waals surface area contributed by atoms with Crippen LogP contribution < -0.4 is 0 Å². The van der Waals surface area contributed by atoms with Gasteiger partial charge >= 0.3 is 5.97 Å². The first-order chi connectivity index (χ1) is 8.58. The molecule has 0 spiro atoms. The minimum absolute atomic E-state index is 0.144. The van der Waals surface area contributed by atoms with Crippen molar-refractivity contribution < 1.29 is 13.9 Å². The normalized spacial score (nSPS) is 10.2. The molecule has 1 rings (SSSR count). The lowest BCUT2D eigenvalue weighted by Gasteiger charge is -2.19. The molecule has 0 fully saturated rings. The molecule has 0 aromatic heterocycles. The molecule has 1 aromatic carbocycles. The number of nitrogens with zero attached hydrogens (tertiary/aromatic N) is 2. The van der Waals surface area contributed by atoms with E-state index in [0.29, 0.717) is 18.7 Å². The molecule has 0 unspecified atom stereocenters. The van der Waals surface area contributed by atoms with E-state index in [1.807, 2.05) is 17.9 Å². The Morgan fingerprint density at radius 2 is 2.22 bits per heavy atom. The number of rotatable bonds is 5. The third kappa shape index (κ3) is 4.15. The Labute approximate surface area is 106 Å². The number of hydrogen-bond acceptors (Lipinski definition) is 4. The lowest BCUT2D eigenvalue weighted by Crippen LogP contribution is -2.30. The Kier molecular flexibility index (Phi) is 5.28. The van der Waals surface area contributed by atoms with Crippen molar-refractivity contribution in [2.45, 2.75) is 13.5 Å². The number of likely N-dealkylation sites (N-methyl/N-ethyl adjacent to an activating group) is 1. The highest BCUT2D eigenvalue weighted by Gasteiger charge is 2.10. The molecule has 0 amide bonds. The van der Waals surface area contributed by atoms with Gasteiger partial charge in [0.1, 0.15) is 5.82 Å². The Bertz CT molecular complexity index is 469. The summed E-state index contributed by atoms with van der Waals surface area (Å²) in [5, 5.41) is 8.76. The molecular formula is C13H15FN2O2. The van der Waals surface area contributed by atoms with Crippen molar-refractivity contribution in [1.29, 1.82) is 5.26 Å². The van der Waals surface area contributed by atoms with Gasteiger partial charge in [0.15, 0.2) is 0 Å². The van der Waals surface area contributed by atoms with Crippen LogP contribution in [-0.4, -0.2) is 31.1 Å². The number of esters is 1. The summed E-state index contributed by atoms with van der Waals surface area (Å²) in [4.78, 5) is 13.0. The number of hydrogen-bond donors (Lipinski definition) is 0. The topological polar surface area (TPSA) is 53.3 Å². The van der Waals surface area contributed by atoms with Gasteiger partial charge in [-0.15, -0.1) is 0 Å². The molecule has 0 aliphatic rings. The number of halogens is 1. The van der Waals surface area contributed by atoms with Crippen LogP contribution in [0.5, 0.6) is 0 Å². The maximum atomic E-state index is 13.2. The number of benzene rings is 1. The third-order valence-corrected chi connectivity index (χ3v) is 2.52. The molecule has 5 heteroatoms. The number of methoxy groups -OCH3 is 1. The zero-order valence-electron chi connectivity index (χ0n) is 10.4. The van der Waals surface area contributed by atoms with Crippen molar-refractivity contribution in [3.05, 3.63) is 35.1 Å². The van der Waals surface area contributed by atoms with Gasteiger partial charge in [0.2, 0.25) is 0 Å². The van der Waals surface area contributed by atoms with Crippen LogP contribution >= 0.6 is 0 Å². The molecule has 0 N–H and O–H groups in total. The molecule has 0 bridgehead atoms. The van der Waals surface area contributed by atoms with Crippen LogP contribution in [0.3, 0.4) is 0 Å². The molecular weight excluding hydrogens is 235 g/mol. The van der Waals surface area contributed by atoms with Gasteiger partial charge in [0.25, 0.3) is 0 Å². The van der Waals surface area contributed by atoms with Gasteiger partial charge in [0, 0.05) is 6.54 Å². The van der Waals surface area contributed by atoms with E-state index in [4.69, 9.17) is 5.26 Å². The van der Waals surface area contributed by atoms with Crippen molar-refractivity contribution in [2.75, 3.05) is 20.2 Å². The average molecular weight is 250 g/mol. The molecule has 1 aromatic rings. The first kappa shape index (κ1) is 14.1. The summed E-state index contributed by atoms with van der Waals surface area (Å²) in [7, 11) is 1.33. The van der Waals surface area contributed by atoms with Crippen LogP contribution in [0.25, 0.3) is 0 Å². The van der Waals surface area contributed by atoms with Gasteiger partial charge in [0.05, 0.1) is 25.3 Å². The predicted octanol–water partition coefficient (Wildman–Crippen LogP) is 1.69. The van der Waals surface area contributed by atoms with Crippen molar-refractivity contribution in [2.24, 2.45) is 0 Å². The minimum atomic E-state index is -0.446. The summed E-state index contributed by atoms with van der Waals surface area (Å²) in [6.07, 6.45) is 0. The fourth-order valence-electron chi connectivity index (χ4n) is 1.59. The van der Waals surface area contributed by atoms with E-state index in [1.54, 1.807) is 6.07 Å². The molecule has 0 aliphatic carbocycles. The van der Waals surface area contributed by atoms with Gasteiger partial charge in [-0.1, -0.05) is 6.92 Å². The molecule has 18 heavy (non-hydrogen) atoms. The summed E-state index contributed by atoms with van der Waals surface area (Å²) in [5.41, 5.74) is 0.941. The Balaban J connectivity index is 2.78. The van der Waals surface area contributed by atoms with Gasteiger partial charge in [-0.05, 0) is 30.3 Å². The van der Waals surface area contributed by atoms with Crippen LogP contribution in [0.2, 0.25) is 0 Å². The number of carbonyl (C=O) groups excluding carboxylic acids is 1. The third-order valence-electron chi connectivity index (χ3n) is 2.52. The molecule has 4 nitrogen and oxygen atoms in total. The summed E-state index contributed by atoms with van der Waals surface area (Å²) in [6, 6.07) is 6.06. The van der Waals surface area contributed by atoms with E-state index in [1.165, 1.54) is 19.2 Å². The standard InChI is InChI=1S/C13H15FN2O2/c1-3-16(9-13(17)18-2)8-11-4-10(7-15)5-12(14)6-11/h4-6H,3,8-9H2,1-2H3. The smallest absolute Gasteiger partial charge is 0.319 e. The molecule has 0 heterocycles. The molecule has 0 radical (unpaired) electrons. The predicted molar refractivity (Wildman–Crippen MR) is 64.1 cm³/mol. The minimum Gasteiger partial charge on any atom is -0.468 e. The van der Waals surface area contributed by atoms with Crippen LogP contribution in [0.15, 0.2) is 18.2 Å². The van der Waals surface area contributed by atoms with Gasteiger partial charge in [-0.25, -0.2) is 4.39 Å². The van der Waals surface area contributed by atoms with E-state index < -0.39 is 5.82 Å². The summed E-state index contributed by atoms with van der Waals surface area (Å²) in [5.74, 6) is -0.785. The summed E-state index contributed by atoms with van der Waals surface area (Å²) in [6.45, 7) is 3.07. The van der Waals surface area contributed by atoms with Crippen LogP contribution in [0.4, 0.5) is 4.39 Å². The van der Waals surface area contributed by atoms with Crippen molar-refractivity contribution in [1.82, 2.24) is 4.90 Å². The summed E-state index contributed by atoms with van der Waals surface area (Å²) < 4.78 is 17.8. The number of carbonyl (C=O) groups is 1. The first-order valence-corrected chi connectivity index (χ1v) is 5.57. The molecule has 0 saturated heterocycles. The van der Waals surface area contributed by atoms with E-state index in [0.717, 1.165) is 0 Å². The van der Waals surface area contributed by atoms with E-state index in [9.17, 15) is 9.18 Å². The van der Waals surface area contributed by atoms with Crippen LogP contribution in [-0.2, 0) is 16.1 Å². The maximum Gasteiger partial charge on any atom is 0.319 e. The highest BCUT2D eigenvalue weighted by molar-refractivity contribution is 5.71. The lowest BCUT2D eigenvalue weighted by atomic mass is 10.1. The second-order valence-corrected chi connectivity index (χ2v) is 3.84. The lowest BCUT2D eigenvalue weighted by molar-refractivity contribution is -0.142. The van der Waals surface area contributed by atoms with Gasteiger partial charge in [-0.2, -0.15) is 5.26 Å². The van der Waals surface area contributed by atoms with Crippen LogP contribution in [0.1, 0.15) is 18.1 Å². The van der Waals surface area contributed by atoms with Gasteiger partial charge in [-0.3, -0.25) is 9.69 Å². The molecule has 0 saturated carbocycles. The quantitative estimate of drug-likeness (QED) is 0.746. The Morgan fingerprint density at radius 3 is 2.78 bits per heavy atom. The SMILES string of the molecule is CCN(CC(=O)OC)Cc1cc(F)cc(C#N)c1. The maximum absolute atomic E-state index is 13.2. The second-order valence-electron chi connectivity index (χ2n) is 3.84. The van der Waals surface area contributed by atoms with Crippen LogP contribution in [0, 0.1) is 17.1 Å². The Hall–Kier alpha value is -1.93. The molecule has 0 atom stereocenters. The number of nitriles is 1. The summed E-state index contributed by atoms with van der Waals surface area (Å²) >= 11 is 0. The van der Waals surface area contributed by atoms with Gasteiger partial charge < -0.3 is 4.74 Å². The van der Waals surface area contributed by atoms with E-state index in [-0.39, 0.29) is 18.1 Å². The highest BCUT2D eigenvalue weighted by Crippen LogP contribution is 2.11. The number of ether oxygens (including phenoxy) is 1. The fourth-order valence-corrected chi connectivity index (χ4v) is 1.59. The van der Waals surface area contributed by atoms with Crippen molar-refractivity contribution in [3.63, 3.8) is 0 Å². The van der Waals surface area contributed by atoms with E-state index >= 15 is 0 Å². The molecule has 96 valence electrons. The largest absolute Gasteiger partial charge is 0.468 e. The first-order valence-electron chi connectivity index (χ1n) is 5.57. The van der Waals surface area contributed by atoms with E-state index in [2.05, 4.69) is 4.74 Å². The fraction of sp³-hybridized carbons (Fsp3) is 0.385. The monoisotopic (exact) mass is 250 g/mol.